The van der Waals surface area contributed by atoms with Gasteiger partial charge < -0.3 is 15.1 Å². The van der Waals surface area contributed by atoms with Crippen molar-refractivity contribution >= 4 is 5.91 Å². The third-order valence-electron chi connectivity index (χ3n) is 3.92. The number of carbonyl (C=O) groups excluding carboxylic acids is 1. The largest absolute Gasteiger partial charge is 0.460 e. The van der Waals surface area contributed by atoms with Crippen LogP contribution in [0.1, 0.15) is 28.1 Å². The molecule has 0 aliphatic heterocycles. The molecule has 0 spiro atoms. The van der Waals surface area contributed by atoms with E-state index < -0.39 is 5.82 Å². The summed E-state index contributed by atoms with van der Waals surface area (Å²) in [6.07, 6.45) is 2.53. The molecule has 26 heavy (non-hydrogen) atoms. The van der Waals surface area contributed by atoms with Crippen LogP contribution in [0.3, 0.4) is 0 Å². The second kappa shape index (κ2) is 8.44. The van der Waals surface area contributed by atoms with Crippen molar-refractivity contribution in [3.63, 3.8) is 0 Å². The predicted molar refractivity (Wildman–Crippen MR) is 96.1 cm³/mol. The minimum absolute atomic E-state index is 0.269. The molecule has 2 aromatic heterocycles. The molecular weight excluding hydrogens is 335 g/mol. The molecule has 3 aromatic rings. The smallest absolute Gasteiger partial charge is 0.251 e. The average Bonchev–Trinajstić information content (AvgIpc) is 3.26. The molecule has 6 nitrogen and oxygen atoms in total. The van der Waals surface area contributed by atoms with Crippen molar-refractivity contribution in [2.75, 3.05) is 13.1 Å². The van der Waals surface area contributed by atoms with E-state index in [1.54, 1.807) is 12.3 Å². The fourth-order valence-electron chi connectivity index (χ4n) is 2.60. The second-order valence-electron chi connectivity index (χ2n) is 5.98. The summed E-state index contributed by atoms with van der Waals surface area (Å²) in [5.41, 5.74) is 2.21. The number of furan rings is 1. The van der Waals surface area contributed by atoms with Gasteiger partial charge in [-0.2, -0.15) is 5.10 Å². The van der Waals surface area contributed by atoms with Crippen molar-refractivity contribution in [3.8, 4) is 11.5 Å². The topological polar surface area (TPSA) is 83.0 Å². The van der Waals surface area contributed by atoms with E-state index in [2.05, 4.69) is 20.8 Å². The highest BCUT2D eigenvalue weighted by atomic mass is 19.1. The highest BCUT2D eigenvalue weighted by molar-refractivity contribution is 5.94. The summed E-state index contributed by atoms with van der Waals surface area (Å²) in [4.78, 5) is 11.9. The van der Waals surface area contributed by atoms with Crippen LogP contribution < -0.4 is 10.6 Å². The number of aromatic amines is 1. The fraction of sp³-hybridized carbons (Fsp3) is 0.263. The number of hydrogen-bond acceptors (Lipinski definition) is 4. The normalized spacial score (nSPS) is 10.8. The van der Waals surface area contributed by atoms with E-state index in [4.69, 9.17) is 4.42 Å². The van der Waals surface area contributed by atoms with Gasteiger partial charge in [0, 0.05) is 24.2 Å². The van der Waals surface area contributed by atoms with Gasteiger partial charge in [-0.15, -0.1) is 0 Å². The molecule has 0 aliphatic rings. The first-order chi connectivity index (χ1) is 12.6. The number of nitrogens with one attached hydrogen (secondary N) is 3. The Balaban J connectivity index is 1.39. The number of H-pyrrole nitrogens is 1. The molecule has 1 aromatic carbocycles. The molecule has 136 valence electrons. The molecule has 0 unspecified atom stereocenters. The van der Waals surface area contributed by atoms with Crippen molar-refractivity contribution in [3.05, 3.63) is 65.3 Å². The molecule has 1 amide bonds. The van der Waals surface area contributed by atoms with Gasteiger partial charge in [-0.1, -0.05) is 6.07 Å². The first kappa shape index (κ1) is 17.9. The Labute approximate surface area is 150 Å². The number of aryl methyl sites for hydroxylation is 1. The minimum atomic E-state index is -0.415. The number of halogens is 1. The molecule has 0 fully saturated rings. The Kier molecular flexibility index (Phi) is 5.80. The van der Waals surface area contributed by atoms with E-state index >= 15 is 0 Å². The van der Waals surface area contributed by atoms with E-state index in [0.29, 0.717) is 18.7 Å². The highest BCUT2D eigenvalue weighted by Crippen LogP contribution is 2.23. The molecule has 0 saturated carbocycles. The predicted octanol–water partition coefficient (Wildman–Crippen LogP) is 3.03. The Morgan fingerprint density at radius 1 is 1.27 bits per heavy atom. The van der Waals surface area contributed by atoms with Crippen LogP contribution in [0.2, 0.25) is 0 Å². The summed E-state index contributed by atoms with van der Waals surface area (Å²) in [5.74, 6) is 0.929. The van der Waals surface area contributed by atoms with Gasteiger partial charge in [0.25, 0.3) is 5.91 Å². The molecular formula is C19H21FN4O2. The maximum atomic E-state index is 13.1. The third kappa shape index (κ3) is 4.58. The Hall–Kier alpha value is -2.93. The molecule has 0 bridgehead atoms. The quantitative estimate of drug-likeness (QED) is 0.542. The number of nitrogens with zero attached hydrogens (tertiary/aromatic N) is 1. The van der Waals surface area contributed by atoms with Crippen LogP contribution in [0.25, 0.3) is 11.5 Å². The van der Waals surface area contributed by atoms with Crippen LogP contribution in [0, 0.1) is 12.7 Å². The van der Waals surface area contributed by atoms with Crippen LogP contribution in [0.4, 0.5) is 4.39 Å². The van der Waals surface area contributed by atoms with E-state index in [1.807, 2.05) is 19.1 Å². The lowest BCUT2D eigenvalue weighted by molar-refractivity contribution is 0.0952. The van der Waals surface area contributed by atoms with E-state index in [-0.39, 0.29) is 5.91 Å². The third-order valence-corrected chi connectivity index (χ3v) is 3.92. The lowest BCUT2D eigenvalue weighted by atomic mass is 10.2. The van der Waals surface area contributed by atoms with E-state index in [9.17, 15) is 9.18 Å². The maximum absolute atomic E-state index is 13.1. The lowest BCUT2D eigenvalue weighted by Crippen LogP contribution is -2.27. The molecule has 7 heteroatoms. The fourth-order valence-corrected chi connectivity index (χ4v) is 2.60. The molecule has 0 aliphatic carbocycles. The number of carbonyl (C=O) groups is 1. The molecule has 0 radical (unpaired) electrons. The van der Waals surface area contributed by atoms with E-state index in [1.165, 1.54) is 18.2 Å². The Morgan fingerprint density at radius 3 is 2.92 bits per heavy atom. The SMILES string of the molecule is Cc1ccc(-c2[nH]ncc2CNCCCNC(=O)c2cccc(F)c2)o1. The summed E-state index contributed by atoms with van der Waals surface area (Å²) in [7, 11) is 0. The molecule has 3 N–H and O–H groups in total. The zero-order chi connectivity index (χ0) is 18.4. The van der Waals surface area contributed by atoms with Crippen LogP contribution in [-0.2, 0) is 6.54 Å². The van der Waals surface area contributed by atoms with Crippen LogP contribution in [0.5, 0.6) is 0 Å². The van der Waals surface area contributed by atoms with Crippen LogP contribution in [0.15, 0.2) is 47.0 Å². The summed E-state index contributed by atoms with van der Waals surface area (Å²) in [5, 5.41) is 13.1. The van der Waals surface area contributed by atoms with Crippen molar-refractivity contribution < 1.29 is 13.6 Å². The van der Waals surface area contributed by atoms with Crippen molar-refractivity contribution in [1.29, 1.82) is 0 Å². The van der Waals surface area contributed by atoms with E-state index in [0.717, 1.165) is 35.7 Å². The molecule has 0 atom stereocenters. The number of rotatable bonds is 8. The average molecular weight is 356 g/mol. The molecule has 3 rings (SSSR count). The van der Waals surface area contributed by atoms with Crippen molar-refractivity contribution in [2.45, 2.75) is 19.9 Å². The molecule has 0 saturated heterocycles. The summed E-state index contributed by atoms with van der Waals surface area (Å²) >= 11 is 0. The van der Waals surface area contributed by atoms with Gasteiger partial charge >= 0.3 is 0 Å². The van der Waals surface area contributed by atoms with Gasteiger partial charge in [0.1, 0.15) is 17.3 Å². The van der Waals surface area contributed by atoms with Gasteiger partial charge in [-0.05, 0) is 50.2 Å². The van der Waals surface area contributed by atoms with Gasteiger partial charge in [-0.3, -0.25) is 9.89 Å². The van der Waals surface area contributed by atoms with Crippen molar-refractivity contribution in [2.24, 2.45) is 0 Å². The number of benzene rings is 1. The standard InChI is InChI=1S/C19H21FN4O2/c1-13-6-7-17(26-13)18-15(12-23-24-18)11-21-8-3-9-22-19(25)14-4-2-5-16(20)10-14/h2,4-7,10,12,21H,3,8-9,11H2,1H3,(H,22,25)(H,23,24). The monoisotopic (exact) mass is 356 g/mol. The van der Waals surface area contributed by atoms with Crippen molar-refractivity contribution in [1.82, 2.24) is 20.8 Å². The second-order valence-corrected chi connectivity index (χ2v) is 5.98. The maximum Gasteiger partial charge on any atom is 0.251 e. The summed E-state index contributed by atoms with van der Waals surface area (Å²) in [6, 6.07) is 9.48. The van der Waals surface area contributed by atoms with Crippen LogP contribution >= 0.6 is 0 Å². The van der Waals surface area contributed by atoms with Gasteiger partial charge in [0.15, 0.2) is 5.76 Å². The number of amides is 1. The first-order valence-corrected chi connectivity index (χ1v) is 8.47. The number of hydrogen-bond donors (Lipinski definition) is 3. The van der Waals surface area contributed by atoms with Gasteiger partial charge in [0.05, 0.1) is 6.20 Å². The summed E-state index contributed by atoms with van der Waals surface area (Å²) < 4.78 is 18.7. The highest BCUT2D eigenvalue weighted by Gasteiger charge is 2.10. The van der Waals surface area contributed by atoms with Gasteiger partial charge in [-0.25, -0.2) is 4.39 Å². The number of aromatic nitrogens is 2. The first-order valence-electron chi connectivity index (χ1n) is 8.47. The van der Waals surface area contributed by atoms with Crippen LogP contribution in [-0.4, -0.2) is 29.2 Å². The minimum Gasteiger partial charge on any atom is -0.460 e. The Morgan fingerprint density at radius 2 is 2.15 bits per heavy atom. The Bertz CT molecular complexity index is 872. The lowest BCUT2D eigenvalue weighted by Gasteiger charge is -2.07. The molecule has 2 heterocycles. The zero-order valence-corrected chi connectivity index (χ0v) is 14.5. The summed E-state index contributed by atoms with van der Waals surface area (Å²) in [6.45, 7) is 3.78. The van der Waals surface area contributed by atoms with Gasteiger partial charge in [0.2, 0.25) is 0 Å². The zero-order valence-electron chi connectivity index (χ0n) is 14.5.